The van der Waals surface area contributed by atoms with Crippen LogP contribution >= 0.6 is 24.0 Å². The molecular formula is C21H35FIN5O. The highest BCUT2D eigenvalue weighted by atomic mass is 127. The summed E-state index contributed by atoms with van der Waals surface area (Å²) in [6.45, 7) is 7.53. The number of halogens is 2. The van der Waals surface area contributed by atoms with Crippen LogP contribution < -0.4 is 16.4 Å². The van der Waals surface area contributed by atoms with E-state index in [1.54, 1.807) is 26.1 Å². The molecule has 1 unspecified atom stereocenters. The van der Waals surface area contributed by atoms with Gasteiger partial charge in [-0.1, -0.05) is 12.1 Å². The zero-order valence-corrected chi connectivity index (χ0v) is 20.0. The summed E-state index contributed by atoms with van der Waals surface area (Å²) >= 11 is 0. The lowest BCUT2D eigenvalue weighted by Crippen LogP contribution is -2.40. The topological polar surface area (TPSA) is 82.8 Å². The molecule has 1 aliphatic rings. The van der Waals surface area contributed by atoms with Crippen molar-refractivity contribution >= 4 is 35.8 Å². The molecule has 0 aromatic heterocycles. The molecule has 2 rings (SSSR count). The quantitative estimate of drug-likeness (QED) is 0.214. The molecule has 0 aliphatic carbocycles. The maximum atomic E-state index is 13.8. The maximum Gasteiger partial charge on any atom is 0.220 e. The lowest BCUT2D eigenvalue weighted by atomic mass is 9.96. The van der Waals surface area contributed by atoms with E-state index in [1.165, 1.54) is 0 Å². The van der Waals surface area contributed by atoms with Crippen LogP contribution in [0.15, 0.2) is 23.2 Å². The molecule has 1 amide bonds. The van der Waals surface area contributed by atoms with E-state index in [4.69, 9.17) is 5.73 Å². The molecule has 29 heavy (non-hydrogen) atoms. The van der Waals surface area contributed by atoms with Crippen LogP contribution in [0, 0.1) is 18.7 Å². The Kier molecular flexibility index (Phi) is 11.5. The van der Waals surface area contributed by atoms with Crippen LogP contribution in [0.5, 0.6) is 0 Å². The van der Waals surface area contributed by atoms with Crippen molar-refractivity contribution < 1.29 is 9.18 Å². The number of piperidine rings is 1. The second kappa shape index (κ2) is 13.0. The SMILES string of the molecule is CN=C(NCCCCN1CCC(C(N)=O)CC1)NC(C)c1ccc(C)c(F)c1.I. The Morgan fingerprint density at radius 2 is 2.03 bits per heavy atom. The molecule has 0 saturated carbocycles. The molecule has 1 atom stereocenters. The van der Waals surface area contributed by atoms with E-state index in [0.29, 0.717) is 5.56 Å². The Morgan fingerprint density at radius 1 is 1.34 bits per heavy atom. The molecule has 0 radical (unpaired) electrons. The zero-order valence-electron chi connectivity index (χ0n) is 17.7. The number of carbonyl (C=O) groups is 1. The van der Waals surface area contributed by atoms with Crippen molar-refractivity contribution in [2.24, 2.45) is 16.6 Å². The van der Waals surface area contributed by atoms with E-state index in [9.17, 15) is 9.18 Å². The van der Waals surface area contributed by atoms with Crippen LogP contribution in [0.1, 0.15) is 49.8 Å². The largest absolute Gasteiger partial charge is 0.369 e. The van der Waals surface area contributed by atoms with Gasteiger partial charge in [-0.15, -0.1) is 24.0 Å². The normalized spacial score (nSPS) is 16.8. The van der Waals surface area contributed by atoms with Crippen molar-refractivity contribution in [3.8, 4) is 0 Å². The number of guanidine groups is 1. The summed E-state index contributed by atoms with van der Waals surface area (Å²) in [5.41, 5.74) is 6.92. The Hall–Kier alpha value is -1.42. The Morgan fingerprint density at radius 3 is 2.62 bits per heavy atom. The van der Waals surface area contributed by atoms with E-state index in [1.807, 2.05) is 13.0 Å². The number of rotatable bonds is 8. The van der Waals surface area contributed by atoms with Crippen molar-refractivity contribution in [3.63, 3.8) is 0 Å². The fourth-order valence-corrected chi connectivity index (χ4v) is 3.47. The van der Waals surface area contributed by atoms with E-state index >= 15 is 0 Å². The molecule has 1 aromatic rings. The summed E-state index contributed by atoms with van der Waals surface area (Å²) in [4.78, 5) is 17.9. The van der Waals surface area contributed by atoms with Crippen LogP contribution in [-0.4, -0.2) is 50.0 Å². The third-order valence-corrected chi connectivity index (χ3v) is 5.46. The smallest absolute Gasteiger partial charge is 0.220 e. The molecule has 1 fully saturated rings. The fourth-order valence-electron chi connectivity index (χ4n) is 3.47. The number of nitrogens with one attached hydrogen (secondary N) is 2. The highest BCUT2D eigenvalue weighted by Gasteiger charge is 2.22. The number of nitrogens with zero attached hydrogens (tertiary/aromatic N) is 2. The minimum absolute atomic E-state index is 0. The second-order valence-electron chi connectivity index (χ2n) is 7.60. The van der Waals surface area contributed by atoms with Gasteiger partial charge in [-0.2, -0.15) is 0 Å². The molecule has 1 aliphatic heterocycles. The van der Waals surface area contributed by atoms with Gasteiger partial charge in [-0.3, -0.25) is 9.79 Å². The average Bonchev–Trinajstić information content (AvgIpc) is 2.69. The van der Waals surface area contributed by atoms with Gasteiger partial charge < -0.3 is 21.3 Å². The van der Waals surface area contributed by atoms with Crippen molar-refractivity contribution in [3.05, 3.63) is 35.1 Å². The summed E-state index contributed by atoms with van der Waals surface area (Å²) in [5.74, 6) is 0.423. The molecule has 0 spiro atoms. The van der Waals surface area contributed by atoms with Crippen molar-refractivity contribution in [1.82, 2.24) is 15.5 Å². The van der Waals surface area contributed by atoms with Crippen LogP contribution in [0.3, 0.4) is 0 Å². The van der Waals surface area contributed by atoms with Gasteiger partial charge in [0.15, 0.2) is 5.96 Å². The van der Waals surface area contributed by atoms with E-state index in [-0.39, 0.29) is 47.7 Å². The first-order valence-electron chi connectivity index (χ1n) is 10.2. The summed E-state index contributed by atoms with van der Waals surface area (Å²) in [7, 11) is 1.74. The molecular weight excluding hydrogens is 484 g/mol. The Bertz CT molecular complexity index is 677. The number of hydrogen-bond donors (Lipinski definition) is 3. The predicted molar refractivity (Wildman–Crippen MR) is 127 cm³/mol. The number of primary amides is 1. The molecule has 6 nitrogen and oxygen atoms in total. The first-order valence-corrected chi connectivity index (χ1v) is 10.2. The van der Waals surface area contributed by atoms with Crippen LogP contribution in [-0.2, 0) is 4.79 Å². The van der Waals surface area contributed by atoms with Crippen LogP contribution in [0.2, 0.25) is 0 Å². The van der Waals surface area contributed by atoms with Gasteiger partial charge in [0.05, 0.1) is 6.04 Å². The summed E-state index contributed by atoms with van der Waals surface area (Å²) in [6.07, 6.45) is 3.87. The molecule has 1 saturated heterocycles. The number of likely N-dealkylation sites (tertiary alicyclic amines) is 1. The number of unbranched alkanes of at least 4 members (excludes halogenated alkanes) is 1. The third-order valence-electron chi connectivity index (χ3n) is 5.46. The van der Waals surface area contributed by atoms with Crippen LogP contribution in [0.4, 0.5) is 4.39 Å². The van der Waals surface area contributed by atoms with Crippen molar-refractivity contribution in [2.75, 3.05) is 33.2 Å². The van der Waals surface area contributed by atoms with Gasteiger partial charge in [-0.25, -0.2) is 4.39 Å². The van der Waals surface area contributed by atoms with E-state index in [2.05, 4.69) is 20.5 Å². The van der Waals surface area contributed by atoms with Gasteiger partial charge >= 0.3 is 0 Å². The zero-order chi connectivity index (χ0) is 20.5. The molecule has 0 bridgehead atoms. The molecule has 4 N–H and O–H groups in total. The number of aliphatic imine (C=N–C) groups is 1. The number of amides is 1. The first kappa shape index (κ1) is 25.6. The number of carbonyl (C=O) groups excluding carboxylic acids is 1. The number of nitrogens with two attached hydrogens (primary N) is 1. The highest BCUT2D eigenvalue weighted by Crippen LogP contribution is 2.17. The van der Waals surface area contributed by atoms with Gasteiger partial charge in [0, 0.05) is 19.5 Å². The average molecular weight is 519 g/mol. The summed E-state index contributed by atoms with van der Waals surface area (Å²) in [5, 5.41) is 6.62. The minimum Gasteiger partial charge on any atom is -0.369 e. The Balaban J connectivity index is 0.00000420. The monoisotopic (exact) mass is 519 g/mol. The van der Waals surface area contributed by atoms with Crippen molar-refractivity contribution in [2.45, 2.75) is 45.6 Å². The van der Waals surface area contributed by atoms with E-state index < -0.39 is 0 Å². The molecule has 1 aromatic carbocycles. The van der Waals surface area contributed by atoms with E-state index in [0.717, 1.165) is 63.4 Å². The number of aryl methyl sites for hydroxylation is 1. The fraction of sp³-hybridized carbons (Fsp3) is 0.619. The van der Waals surface area contributed by atoms with Crippen molar-refractivity contribution in [1.29, 1.82) is 0 Å². The maximum absolute atomic E-state index is 13.8. The van der Waals surface area contributed by atoms with Crippen LogP contribution in [0.25, 0.3) is 0 Å². The second-order valence-corrected chi connectivity index (χ2v) is 7.60. The predicted octanol–water partition coefficient (Wildman–Crippen LogP) is 2.96. The van der Waals surface area contributed by atoms with Gasteiger partial charge in [0.1, 0.15) is 5.82 Å². The first-order chi connectivity index (χ1) is 13.4. The van der Waals surface area contributed by atoms with Gasteiger partial charge in [0.2, 0.25) is 5.91 Å². The number of benzene rings is 1. The lowest BCUT2D eigenvalue weighted by molar-refractivity contribution is -0.123. The molecule has 1 heterocycles. The summed E-state index contributed by atoms with van der Waals surface area (Å²) in [6, 6.07) is 5.27. The third kappa shape index (κ3) is 8.46. The molecule has 164 valence electrons. The summed E-state index contributed by atoms with van der Waals surface area (Å²) < 4.78 is 13.8. The van der Waals surface area contributed by atoms with Gasteiger partial charge in [0.25, 0.3) is 0 Å². The van der Waals surface area contributed by atoms with Gasteiger partial charge in [-0.05, 0) is 76.4 Å². The molecule has 8 heteroatoms. The highest BCUT2D eigenvalue weighted by molar-refractivity contribution is 14.0. The number of hydrogen-bond acceptors (Lipinski definition) is 3. The lowest BCUT2D eigenvalue weighted by Gasteiger charge is -2.30. The standard InChI is InChI=1S/C21H34FN5O.HI/c1-15-6-7-18(14-19(15)22)16(2)26-21(24-3)25-10-4-5-11-27-12-8-17(9-13-27)20(23)28;/h6-7,14,16-17H,4-5,8-13H2,1-3H3,(H2,23,28)(H2,24,25,26);1H. The minimum atomic E-state index is -0.186. The Labute approximate surface area is 190 Å².